The zero-order chi connectivity index (χ0) is 20.3. The lowest BCUT2D eigenvalue weighted by Gasteiger charge is -2.34. The highest BCUT2D eigenvalue weighted by atomic mass is 16.2. The fourth-order valence-electron chi connectivity index (χ4n) is 4.18. The third-order valence-corrected chi connectivity index (χ3v) is 6.32. The van der Waals surface area contributed by atoms with Crippen molar-refractivity contribution in [3.8, 4) is 0 Å². The largest absolute Gasteiger partial charge is 0.341 e. The van der Waals surface area contributed by atoms with Crippen LogP contribution in [0.5, 0.6) is 0 Å². The van der Waals surface area contributed by atoms with Crippen LogP contribution in [0.1, 0.15) is 51.5 Å². The SMILES string of the molecule is CC1CCC(N(C)C(=O)CN2C(=O)N[C@@](C)(CCc3ccccc3)C2=O)CC1. The Morgan fingerprint density at radius 1 is 1.18 bits per heavy atom. The van der Waals surface area contributed by atoms with E-state index in [-0.39, 0.29) is 24.4 Å². The third-order valence-electron chi connectivity index (χ3n) is 6.32. The van der Waals surface area contributed by atoms with Crippen LogP contribution in [0.4, 0.5) is 4.79 Å². The fraction of sp³-hybridized carbons (Fsp3) is 0.591. The number of amides is 4. The molecule has 6 nitrogen and oxygen atoms in total. The number of imide groups is 1. The summed E-state index contributed by atoms with van der Waals surface area (Å²) in [6.45, 7) is 3.79. The minimum atomic E-state index is -0.966. The summed E-state index contributed by atoms with van der Waals surface area (Å²) in [5, 5.41) is 2.80. The zero-order valence-corrected chi connectivity index (χ0v) is 17.1. The first-order valence-corrected chi connectivity index (χ1v) is 10.2. The number of urea groups is 1. The lowest BCUT2D eigenvalue weighted by molar-refractivity contribution is -0.139. The lowest BCUT2D eigenvalue weighted by Crippen LogP contribution is -2.47. The van der Waals surface area contributed by atoms with Crippen molar-refractivity contribution >= 4 is 17.8 Å². The number of rotatable bonds is 6. The van der Waals surface area contributed by atoms with Crippen LogP contribution >= 0.6 is 0 Å². The van der Waals surface area contributed by atoms with Crippen LogP contribution in [0.2, 0.25) is 0 Å². The summed E-state index contributed by atoms with van der Waals surface area (Å²) < 4.78 is 0. The van der Waals surface area contributed by atoms with E-state index in [9.17, 15) is 14.4 Å². The van der Waals surface area contributed by atoms with E-state index in [2.05, 4.69) is 12.2 Å². The van der Waals surface area contributed by atoms with Gasteiger partial charge < -0.3 is 10.2 Å². The molecule has 1 aromatic rings. The standard InChI is InChI=1S/C22H31N3O3/c1-16-9-11-18(12-10-16)24(3)19(26)15-25-20(27)22(2,23-21(25)28)14-13-17-7-5-4-6-8-17/h4-8,16,18H,9-15H2,1-3H3,(H,23,28)/t16?,18?,22-/m0/s1. The number of hydrogen-bond acceptors (Lipinski definition) is 3. The normalized spacial score (nSPS) is 27.6. The number of carbonyl (C=O) groups excluding carboxylic acids is 3. The van der Waals surface area contributed by atoms with Crippen molar-refractivity contribution in [2.45, 2.75) is 64.0 Å². The molecule has 1 aliphatic heterocycles. The van der Waals surface area contributed by atoms with E-state index in [0.29, 0.717) is 18.8 Å². The maximum Gasteiger partial charge on any atom is 0.325 e. The number of benzene rings is 1. The smallest absolute Gasteiger partial charge is 0.325 e. The van der Waals surface area contributed by atoms with Gasteiger partial charge in [-0.15, -0.1) is 0 Å². The van der Waals surface area contributed by atoms with Gasteiger partial charge in [-0.3, -0.25) is 14.5 Å². The maximum atomic E-state index is 12.9. The molecule has 1 saturated heterocycles. The summed E-state index contributed by atoms with van der Waals surface area (Å²) in [5.41, 5.74) is 0.151. The van der Waals surface area contributed by atoms with Crippen LogP contribution in [-0.2, 0) is 16.0 Å². The van der Waals surface area contributed by atoms with Gasteiger partial charge >= 0.3 is 6.03 Å². The van der Waals surface area contributed by atoms with Gasteiger partial charge in [0.1, 0.15) is 12.1 Å². The molecule has 0 unspecified atom stereocenters. The van der Waals surface area contributed by atoms with Crippen LogP contribution in [0, 0.1) is 5.92 Å². The highest BCUT2D eigenvalue weighted by Crippen LogP contribution is 2.27. The van der Waals surface area contributed by atoms with E-state index in [1.165, 1.54) is 0 Å². The van der Waals surface area contributed by atoms with E-state index >= 15 is 0 Å². The highest BCUT2D eigenvalue weighted by Gasteiger charge is 2.48. The van der Waals surface area contributed by atoms with Crippen molar-refractivity contribution in [2.24, 2.45) is 5.92 Å². The van der Waals surface area contributed by atoms with Crippen molar-refractivity contribution in [1.82, 2.24) is 15.1 Å². The Labute approximate surface area is 167 Å². The summed E-state index contributed by atoms with van der Waals surface area (Å²) in [6, 6.07) is 9.61. The van der Waals surface area contributed by atoms with Crippen molar-refractivity contribution in [3.63, 3.8) is 0 Å². The molecular formula is C22H31N3O3. The summed E-state index contributed by atoms with van der Waals surface area (Å²) in [4.78, 5) is 40.8. The molecule has 1 atom stereocenters. The first kappa shape index (κ1) is 20.4. The molecule has 28 heavy (non-hydrogen) atoms. The molecule has 1 heterocycles. The Morgan fingerprint density at radius 3 is 2.46 bits per heavy atom. The molecule has 0 bridgehead atoms. The predicted octanol–water partition coefficient (Wildman–Crippen LogP) is 2.97. The van der Waals surface area contributed by atoms with Crippen molar-refractivity contribution in [1.29, 1.82) is 0 Å². The molecule has 1 N–H and O–H groups in total. The van der Waals surface area contributed by atoms with Gasteiger partial charge in [-0.25, -0.2) is 4.79 Å². The Kier molecular flexibility index (Phi) is 6.06. The van der Waals surface area contributed by atoms with E-state index in [0.717, 1.165) is 36.1 Å². The number of nitrogens with zero attached hydrogens (tertiary/aromatic N) is 2. The molecule has 0 radical (unpaired) electrons. The first-order chi connectivity index (χ1) is 13.3. The molecule has 1 aromatic carbocycles. The van der Waals surface area contributed by atoms with Gasteiger partial charge in [0.05, 0.1) is 0 Å². The summed E-state index contributed by atoms with van der Waals surface area (Å²) >= 11 is 0. The average Bonchev–Trinajstić information content (AvgIpc) is 2.90. The molecule has 2 aliphatic rings. The zero-order valence-electron chi connectivity index (χ0n) is 17.1. The molecule has 1 aliphatic carbocycles. The van der Waals surface area contributed by atoms with Gasteiger partial charge in [0.2, 0.25) is 5.91 Å². The van der Waals surface area contributed by atoms with Crippen LogP contribution < -0.4 is 5.32 Å². The van der Waals surface area contributed by atoms with Gasteiger partial charge in [-0.05, 0) is 56.9 Å². The number of hydrogen-bond donors (Lipinski definition) is 1. The second-order valence-corrected chi connectivity index (χ2v) is 8.56. The molecular weight excluding hydrogens is 354 g/mol. The molecule has 152 valence electrons. The monoisotopic (exact) mass is 385 g/mol. The average molecular weight is 386 g/mol. The van der Waals surface area contributed by atoms with Crippen LogP contribution in [0.3, 0.4) is 0 Å². The Hall–Kier alpha value is -2.37. The number of aryl methyl sites for hydroxylation is 1. The Balaban J connectivity index is 1.59. The van der Waals surface area contributed by atoms with Gasteiger partial charge in [-0.1, -0.05) is 37.3 Å². The molecule has 3 rings (SSSR count). The second kappa shape index (κ2) is 8.33. The van der Waals surface area contributed by atoms with Crippen LogP contribution in [0.15, 0.2) is 30.3 Å². The molecule has 4 amide bonds. The van der Waals surface area contributed by atoms with E-state index in [1.54, 1.807) is 18.9 Å². The Morgan fingerprint density at radius 2 is 1.82 bits per heavy atom. The van der Waals surface area contributed by atoms with Gasteiger partial charge in [0.25, 0.3) is 5.91 Å². The maximum absolute atomic E-state index is 12.9. The number of carbonyl (C=O) groups is 3. The lowest BCUT2D eigenvalue weighted by atomic mass is 9.87. The molecule has 0 spiro atoms. The minimum absolute atomic E-state index is 0.171. The van der Waals surface area contributed by atoms with Crippen LogP contribution in [-0.4, -0.2) is 52.8 Å². The van der Waals surface area contributed by atoms with Gasteiger partial charge in [0.15, 0.2) is 0 Å². The molecule has 6 heteroatoms. The van der Waals surface area contributed by atoms with Crippen molar-refractivity contribution in [2.75, 3.05) is 13.6 Å². The van der Waals surface area contributed by atoms with E-state index in [1.807, 2.05) is 30.3 Å². The number of nitrogens with one attached hydrogen (secondary N) is 1. The van der Waals surface area contributed by atoms with Crippen molar-refractivity contribution < 1.29 is 14.4 Å². The second-order valence-electron chi connectivity index (χ2n) is 8.56. The van der Waals surface area contributed by atoms with Gasteiger partial charge in [-0.2, -0.15) is 0 Å². The molecule has 1 saturated carbocycles. The summed E-state index contributed by atoms with van der Waals surface area (Å²) in [5.74, 6) is 0.221. The van der Waals surface area contributed by atoms with E-state index < -0.39 is 11.6 Å². The Bertz CT molecular complexity index is 728. The molecule has 2 fully saturated rings. The number of likely N-dealkylation sites (N-methyl/N-ethyl adjacent to an activating group) is 1. The van der Waals surface area contributed by atoms with E-state index in [4.69, 9.17) is 0 Å². The summed E-state index contributed by atoms with van der Waals surface area (Å²) in [6.07, 6.45) is 5.39. The summed E-state index contributed by atoms with van der Waals surface area (Å²) in [7, 11) is 1.79. The molecule has 0 aromatic heterocycles. The minimum Gasteiger partial charge on any atom is -0.341 e. The first-order valence-electron chi connectivity index (χ1n) is 10.2. The quantitative estimate of drug-likeness (QED) is 0.766. The van der Waals surface area contributed by atoms with Crippen molar-refractivity contribution in [3.05, 3.63) is 35.9 Å². The third kappa shape index (κ3) is 4.37. The fourth-order valence-corrected chi connectivity index (χ4v) is 4.18. The van der Waals surface area contributed by atoms with Crippen LogP contribution in [0.25, 0.3) is 0 Å². The topological polar surface area (TPSA) is 69.7 Å². The highest BCUT2D eigenvalue weighted by molar-refractivity contribution is 6.08. The van der Waals surface area contributed by atoms with Gasteiger partial charge in [0, 0.05) is 13.1 Å². The predicted molar refractivity (Wildman–Crippen MR) is 108 cm³/mol.